The summed E-state index contributed by atoms with van der Waals surface area (Å²) in [4.78, 5) is 2.49. The molecule has 0 radical (unpaired) electrons. The van der Waals surface area contributed by atoms with E-state index in [-0.39, 0.29) is 0 Å². The van der Waals surface area contributed by atoms with Gasteiger partial charge < -0.3 is 5.73 Å². The summed E-state index contributed by atoms with van der Waals surface area (Å²) in [6.45, 7) is 8.79. The number of hydrogen-bond donors (Lipinski definition) is 1. The number of hydrogen-bond acceptors (Lipinski definition) is 2. The van der Waals surface area contributed by atoms with Crippen LogP contribution in [-0.2, 0) is 0 Å². The SMILES string of the molecule is CC(C)CN1CC=C(CN)CC1. The fourth-order valence-electron chi connectivity index (χ4n) is 1.62. The quantitative estimate of drug-likeness (QED) is 0.642. The predicted molar refractivity (Wildman–Crippen MR) is 53.0 cm³/mol. The largest absolute Gasteiger partial charge is 0.327 e. The molecule has 2 heteroatoms. The summed E-state index contributed by atoms with van der Waals surface area (Å²) in [5.74, 6) is 0.776. The van der Waals surface area contributed by atoms with E-state index in [1.165, 1.54) is 25.1 Å². The number of rotatable bonds is 3. The maximum atomic E-state index is 5.56. The summed E-state index contributed by atoms with van der Waals surface area (Å²) in [6, 6.07) is 0. The molecule has 0 aromatic heterocycles. The van der Waals surface area contributed by atoms with E-state index in [1.807, 2.05) is 0 Å². The van der Waals surface area contributed by atoms with Crippen molar-refractivity contribution < 1.29 is 0 Å². The fourth-order valence-corrected chi connectivity index (χ4v) is 1.62. The predicted octanol–water partition coefficient (Wildman–Crippen LogP) is 1.23. The van der Waals surface area contributed by atoms with Crippen LogP contribution in [0.4, 0.5) is 0 Å². The van der Waals surface area contributed by atoms with Crippen molar-refractivity contribution in [3.05, 3.63) is 11.6 Å². The molecule has 1 aliphatic heterocycles. The molecule has 2 N–H and O–H groups in total. The molecule has 1 aliphatic rings. The van der Waals surface area contributed by atoms with E-state index in [9.17, 15) is 0 Å². The van der Waals surface area contributed by atoms with Crippen LogP contribution in [0, 0.1) is 5.92 Å². The van der Waals surface area contributed by atoms with Gasteiger partial charge in [-0.3, -0.25) is 4.90 Å². The molecule has 0 saturated heterocycles. The molecule has 0 aliphatic carbocycles. The summed E-state index contributed by atoms with van der Waals surface area (Å²) >= 11 is 0. The van der Waals surface area contributed by atoms with Crippen molar-refractivity contribution in [3.8, 4) is 0 Å². The summed E-state index contributed by atoms with van der Waals surface area (Å²) < 4.78 is 0. The second kappa shape index (κ2) is 4.63. The zero-order valence-electron chi connectivity index (χ0n) is 8.21. The highest BCUT2D eigenvalue weighted by molar-refractivity contribution is 5.08. The Kier molecular flexibility index (Phi) is 3.76. The molecule has 0 amide bonds. The van der Waals surface area contributed by atoms with Crippen molar-refractivity contribution in [2.24, 2.45) is 11.7 Å². The number of nitrogens with zero attached hydrogens (tertiary/aromatic N) is 1. The summed E-state index contributed by atoms with van der Waals surface area (Å²) in [5, 5.41) is 0. The Hall–Kier alpha value is -0.340. The smallest absolute Gasteiger partial charge is 0.0166 e. The molecule has 0 unspecified atom stereocenters. The summed E-state index contributed by atoms with van der Waals surface area (Å²) in [5.41, 5.74) is 6.99. The van der Waals surface area contributed by atoms with Gasteiger partial charge in [0.15, 0.2) is 0 Å². The van der Waals surface area contributed by atoms with Crippen LogP contribution in [0.1, 0.15) is 20.3 Å². The van der Waals surface area contributed by atoms with Crippen LogP contribution < -0.4 is 5.73 Å². The Labute approximate surface area is 75.4 Å². The van der Waals surface area contributed by atoms with Crippen molar-refractivity contribution in [2.45, 2.75) is 20.3 Å². The normalized spacial score (nSPS) is 19.8. The van der Waals surface area contributed by atoms with Gasteiger partial charge in [0, 0.05) is 26.2 Å². The Morgan fingerprint density at radius 2 is 2.33 bits per heavy atom. The van der Waals surface area contributed by atoms with Gasteiger partial charge in [0.2, 0.25) is 0 Å². The average Bonchev–Trinajstić information content (AvgIpc) is 2.05. The molecular formula is C10H20N2. The molecule has 0 aromatic carbocycles. The van der Waals surface area contributed by atoms with Gasteiger partial charge in [-0.2, -0.15) is 0 Å². The molecule has 0 atom stereocenters. The minimum absolute atomic E-state index is 0.746. The first-order valence-electron chi connectivity index (χ1n) is 4.82. The standard InChI is InChI=1S/C10H20N2/c1-9(2)8-12-5-3-10(7-11)4-6-12/h3,9H,4-8,11H2,1-2H3. The van der Waals surface area contributed by atoms with Crippen LogP contribution in [0.2, 0.25) is 0 Å². The van der Waals surface area contributed by atoms with E-state index < -0.39 is 0 Å². The zero-order valence-corrected chi connectivity index (χ0v) is 8.21. The maximum absolute atomic E-state index is 5.56. The molecule has 0 spiro atoms. The molecule has 1 rings (SSSR count). The Bertz CT molecular complexity index is 161. The van der Waals surface area contributed by atoms with Gasteiger partial charge in [-0.1, -0.05) is 25.5 Å². The van der Waals surface area contributed by atoms with E-state index in [2.05, 4.69) is 24.8 Å². The first kappa shape index (κ1) is 9.75. The Balaban J connectivity index is 2.31. The molecule has 0 fully saturated rings. The van der Waals surface area contributed by atoms with Crippen LogP contribution in [0.3, 0.4) is 0 Å². The van der Waals surface area contributed by atoms with Gasteiger partial charge in [0.25, 0.3) is 0 Å². The van der Waals surface area contributed by atoms with Crippen molar-refractivity contribution in [1.29, 1.82) is 0 Å². The molecule has 12 heavy (non-hydrogen) atoms. The second-order valence-corrected chi connectivity index (χ2v) is 3.97. The van der Waals surface area contributed by atoms with Crippen LogP contribution >= 0.6 is 0 Å². The molecule has 2 nitrogen and oxygen atoms in total. The maximum Gasteiger partial charge on any atom is 0.0166 e. The molecule has 1 heterocycles. The van der Waals surface area contributed by atoms with Crippen LogP contribution in [-0.4, -0.2) is 31.1 Å². The third-order valence-electron chi connectivity index (χ3n) is 2.27. The zero-order chi connectivity index (χ0) is 8.97. The lowest BCUT2D eigenvalue weighted by atomic mass is 10.1. The van der Waals surface area contributed by atoms with Gasteiger partial charge in [-0.25, -0.2) is 0 Å². The van der Waals surface area contributed by atoms with Gasteiger partial charge in [0.1, 0.15) is 0 Å². The van der Waals surface area contributed by atoms with Crippen molar-refractivity contribution >= 4 is 0 Å². The van der Waals surface area contributed by atoms with E-state index in [4.69, 9.17) is 5.73 Å². The molecule has 0 bridgehead atoms. The van der Waals surface area contributed by atoms with Crippen molar-refractivity contribution in [2.75, 3.05) is 26.2 Å². The van der Waals surface area contributed by atoms with Crippen molar-refractivity contribution in [3.63, 3.8) is 0 Å². The highest BCUT2D eigenvalue weighted by Gasteiger charge is 2.10. The lowest BCUT2D eigenvalue weighted by molar-refractivity contribution is 0.261. The second-order valence-electron chi connectivity index (χ2n) is 3.97. The molecule has 70 valence electrons. The third kappa shape index (κ3) is 2.95. The first-order valence-corrected chi connectivity index (χ1v) is 4.82. The minimum atomic E-state index is 0.746. The highest BCUT2D eigenvalue weighted by Crippen LogP contribution is 2.10. The van der Waals surface area contributed by atoms with E-state index >= 15 is 0 Å². The van der Waals surface area contributed by atoms with Gasteiger partial charge in [0.05, 0.1) is 0 Å². The van der Waals surface area contributed by atoms with Gasteiger partial charge in [-0.15, -0.1) is 0 Å². The van der Waals surface area contributed by atoms with Crippen LogP contribution in [0.5, 0.6) is 0 Å². The molecule has 0 aromatic rings. The monoisotopic (exact) mass is 168 g/mol. The topological polar surface area (TPSA) is 29.3 Å². The van der Waals surface area contributed by atoms with E-state index in [1.54, 1.807) is 0 Å². The van der Waals surface area contributed by atoms with Crippen molar-refractivity contribution in [1.82, 2.24) is 4.90 Å². The molecular weight excluding hydrogens is 148 g/mol. The Morgan fingerprint density at radius 1 is 1.58 bits per heavy atom. The van der Waals surface area contributed by atoms with Crippen LogP contribution in [0.15, 0.2) is 11.6 Å². The summed E-state index contributed by atoms with van der Waals surface area (Å²) in [7, 11) is 0. The Morgan fingerprint density at radius 3 is 2.75 bits per heavy atom. The molecule has 0 saturated carbocycles. The van der Waals surface area contributed by atoms with Crippen LogP contribution in [0.25, 0.3) is 0 Å². The lowest BCUT2D eigenvalue weighted by Crippen LogP contribution is -2.33. The highest BCUT2D eigenvalue weighted by atomic mass is 15.1. The minimum Gasteiger partial charge on any atom is -0.327 e. The van der Waals surface area contributed by atoms with Gasteiger partial charge >= 0.3 is 0 Å². The third-order valence-corrected chi connectivity index (χ3v) is 2.27. The first-order chi connectivity index (χ1) is 5.72. The van der Waals surface area contributed by atoms with E-state index in [0.29, 0.717) is 0 Å². The van der Waals surface area contributed by atoms with Gasteiger partial charge in [-0.05, 0) is 12.3 Å². The number of nitrogens with two attached hydrogens (primary N) is 1. The summed E-state index contributed by atoms with van der Waals surface area (Å²) in [6.07, 6.45) is 3.45. The average molecular weight is 168 g/mol. The van der Waals surface area contributed by atoms with E-state index in [0.717, 1.165) is 19.0 Å². The lowest BCUT2D eigenvalue weighted by Gasteiger charge is -2.27. The fraction of sp³-hybridized carbons (Fsp3) is 0.800.